The van der Waals surface area contributed by atoms with Crippen molar-refractivity contribution < 1.29 is 18.6 Å². The maximum absolute atomic E-state index is 6.23. The number of hydrogen-bond donors (Lipinski definition) is 0. The molecule has 1 unspecified atom stereocenters. The monoisotopic (exact) mass is 302 g/mol. The second kappa shape index (κ2) is 7.07. The van der Waals surface area contributed by atoms with Crippen molar-refractivity contribution in [3.8, 4) is 0 Å². The van der Waals surface area contributed by atoms with Gasteiger partial charge in [-0.1, -0.05) is 20.8 Å². The molecule has 0 fully saturated rings. The second-order valence-electron chi connectivity index (χ2n) is 6.69. The molecule has 2 atom stereocenters. The molecule has 118 valence electrons. The zero-order chi connectivity index (χ0) is 15.4. The lowest BCUT2D eigenvalue weighted by atomic mass is 10.2. The predicted octanol–water partition coefficient (Wildman–Crippen LogP) is 3.69. The minimum atomic E-state index is -1.74. The summed E-state index contributed by atoms with van der Waals surface area (Å²) in [6, 6.07) is 0. The molecule has 0 saturated carbocycles. The van der Waals surface area contributed by atoms with E-state index in [0.29, 0.717) is 13.2 Å². The van der Waals surface area contributed by atoms with Gasteiger partial charge in [0.05, 0.1) is 25.6 Å². The van der Waals surface area contributed by atoms with E-state index in [1.807, 2.05) is 13.0 Å². The maximum atomic E-state index is 6.23. The van der Waals surface area contributed by atoms with Gasteiger partial charge in [-0.15, -0.1) is 0 Å². The zero-order valence-corrected chi connectivity index (χ0v) is 15.0. The van der Waals surface area contributed by atoms with Crippen molar-refractivity contribution in [2.24, 2.45) is 0 Å². The molecule has 0 amide bonds. The first-order chi connectivity index (χ1) is 9.19. The van der Waals surface area contributed by atoms with Gasteiger partial charge in [0.15, 0.2) is 14.6 Å². The lowest BCUT2D eigenvalue weighted by molar-refractivity contribution is -0.159. The molecule has 1 aliphatic heterocycles. The summed E-state index contributed by atoms with van der Waals surface area (Å²) >= 11 is 0. The Bertz CT molecular complexity index is 333. The highest BCUT2D eigenvalue weighted by atomic mass is 28.4. The molecule has 0 aromatic carbocycles. The van der Waals surface area contributed by atoms with Crippen LogP contribution in [0, 0.1) is 0 Å². The van der Waals surface area contributed by atoms with E-state index in [2.05, 4.69) is 33.9 Å². The highest BCUT2D eigenvalue weighted by Gasteiger charge is 2.38. The van der Waals surface area contributed by atoms with Crippen LogP contribution in [-0.2, 0) is 18.6 Å². The number of methoxy groups -OCH3 is 1. The summed E-state index contributed by atoms with van der Waals surface area (Å²) in [4.78, 5) is 0. The Labute approximate surface area is 124 Å². The van der Waals surface area contributed by atoms with E-state index >= 15 is 0 Å². The molecule has 0 aromatic rings. The second-order valence-corrected chi connectivity index (χ2v) is 11.5. The van der Waals surface area contributed by atoms with Crippen LogP contribution in [0.1, 0.15) is 34.1 Å². The Morgan fingerprint density at radius 2 is 2.00 bits per heavy atom. The van der Waals surface area contributed by atoms with Gasteiger partial charge in [-0.05, 0) is 25.1 Å². The van der Waals surface area contributed by atoms with Gasteiger partial charge in [-0.25, -0.2) is 0 Å². The van der Waals surface area contributed by atoms with Gasteiger partial charge in [0.25, 0.3) is 0 Å². The van der Waals surface area contributed by atoms with Crippen LogP contribution in [0.25, 0.3) is 0 Å². The summed E-state index contributed by atoms with van der Waals surface area (Å²) in [5, 5.41) is 0.209. The fourth-order valence-electron chi connectivity index (χ4n) is 1.74. The molecule has 5 heteroatoms. The molecule has 0 radical (unpaired) electrons. The van der Waals surface area contributed by atoms with Crippen molar-refractivity contribution >= 4 is 8.32 Å². The van der Waals surface area contributed by atoms with Gasteiger partial charge in [0, 0.05) is 19.1 Å². The molecule has 1 rings (SSSR count). The van der Waals surface area contributed by atoms with Crippen molar-refractivity contribution in [1.82, 2.24) is 0 Å². The van der Waals surface area contributed by atoms with Crippen molar-refractivity contribution in [3.63, 3.8) is 0 Å². The molecule has 0 aliphatic carbocycles. The van der Waals surface area contributed by atoms with Crippen LogP contribution >= 0.6 is 0 Å². The summed E-state index contributed by atoms with van der Waals surface area (Å²) in [6.07, 6.45) is 2.32. The molecule has 0 N–H and O–H groups in total. The predicted molar refractivity (Wildman–Crippen MR) is 83.1 cm³/mol. The minimum Gasteiger partial charge on any atom is -0.501 e. The number of ether oxygens (including phenoxy) is 3. The zero-order valence-electron chi connectivity index (χ0n) is 14.0. The highest BCUT2D eigenvalue weighted by Crippen LogP contribution is 2.37. The van der Waals surface area contributed by atoms with E-state index in [0.717, 1.165) is 12.2 Å². The van der Waals surface area contributed by atoms with Crippen LogP contribution in [0.5, 0.6) is 0 Å². The summed E-state index contributed by atoms with van der Waals surface area (Å²) in [6.45, 7) is 14.4. The Balaban J connectivity index is 2.59. The fraction of sp³-hybridized carbons (Fsp3) is 0.867. The lowest BCUT2D eigenvalue weighted by Gasteiger charge is -2.38. The van der Waals surface area contributed by atoms with Gasteiger partial charge in [0.2, 0.25) is 0 Å². The molecule has 0 bridgehead atoms. The summed E-state index contributed by atoms with van der Waals surface area (Å²) in [7, 11) is -0.0563. The molecule has 4 nitrogen and oxygen atoms in total. The Morgan fingerprint density at radius 3 is 2.50 bits per heavy atom. The van der Waals surface area contributed by atoms with Crippen LogP contribution in [-0.4, -0.2) is 41.0 Å². The Morgan fingerprint density at radius 1 is 1.35 bits per heavy atom. The average molecular weight is 302 g/mol. The van der Waals surface area contributed by atoms with Gasteiger partial charge >= 0.3 is 0 Å². The van der Waals surface area contributed by atoms with E-state index in [-0.39, 0.29) is 17.4 Å². The third-order valence-corrected chi connectivity index (χ3v) is 8.61. The van der Waals surface area contributed by atoms with Crippen LogP contribution < -0.4 is 0 Å². The fourth-order valence-corrected chi connectivity index (χ4v) is 2.78. The number of hydrogen-bond acceptors (Lipinski definition) is 4. The molecule has 20 heavy (non-hydrogen) atoms. The van der Waals surface area contributed by atoms with Crippen LogP contribution in [0.3, 0.4) is 0 Å². The minimum absolute atomic E-state index is 0.000579. The van der Waals surface area contributed by atoms with Crippen LogP contribution in [0.15, 0.2) is 11.8 Å². The molecule has 0 aromatic heterocycles. The van der Waals surface area contributed by atoms with E-state index in [9.17, 15) is 0 Å². The summed E-state index contributed by atoms with van der Waals surface area (Å²) in [5.41, 5.74) is 0. The Kier molecular flexibility index (Phi) is 6.25. The van der Waals surface area contributed by atoms with Crippen molar-refractivity contribution in [2.45, 2.75) is 64.6 Å². The molecule has 0 spiro atoms. The van der Waals surface area contributed by atoms with Crippen molar-refractivity contribution in [1.29, 1.82) is 0 Å². The molecule has 1 heterocycles. The van der Waals surface area contributed by atoms with Gasteiger partial charge in [0.1, 0.15) is 0 Å². The highest BCUT2D eigenvalue weighted by molar-refractivity contribution is 6.74. The topological polar surface area (TPSA) is 36.9 Å². The van der Waals surface area contributed by atoms with Crippen molar-refractivity contribution in [3.05, 3.63) is 11.8 Å². The van der Waals surface area contributed by atoms with Crippen molar-refractivity contribution in [2.75, 3.05) is 20.3 Å². The first-order valence-corrected chi connectivity index (χ1v) is 10.3. The average Bonchev–Trinajstić information content (AvgIpc) is 2.35. The van der Waals surface area contributed by atoms with Gasteiger partial charge < -0.3 is 18.6 Å². The molecule has 1 aliphatic rings. The third kappa shape index (κ3) is 4.88. The Hall–Kier alpha value is -0.363. The molecular formula is C15H30O4Si. The van der Waals surface area contributed by atoms with Gasteiger partial charge in [-0.2, -0.15) is 0 Å². The van der Waals surface area contributed by atoms with Crippen LogP contribution in [0.2, 0.25) is 18.1 Å². The van der Waals surface area contributed by atoms with E-state index in [4.69, 9.17) is 18.6 Å². The smallest absolute Gasteiger partial charge is 0.192 e. The van der Waals surface area contributed by atoms with E-state index < -0.39 is 8.32 Å². The van der Waals surface area contributed by atoms with Crippen LogP contribution in [0.4, 0.5) is 0 Å². The lowest BCUT2D eigenvalue weighted by Crippen LogP contribution is -2.44. The SMILES string of the molecule is CCOC1C=C(OC)C[C@H](CO[Si](C)(C)C(C)(C)C)O1. The first-order valence-electron chi connectivity index (χ1n) is 7.35. The normalized spacial score (nSPS) is 24.4. The summed E-state index contributed by atoms with van der Waals surface area (Å²) < 4.78 is 23.0. The van der Waals surface area contributed by atoms with Gasteiger partial charge in [-0.3, -0.25) is 0 Å². The standard InChI is InChI=1S/C15H30O4Si/c1-8-17-14-10-12(16-5)9-13(19-14)11-18-20(6,7)15(2,3)4/h10,13-14H,8-9,11H2,1-7H3/t13-,14?/m1/s1. The van der Waals surface area contributed by atoms with E-state index in [1.165, 1.54) is 0 Å². The van der Waals surface area contributed by atoms with E-state index in [1.54, 1.807) is 7.11 Å². The third-order valence-electron chi connectivity index (χ3n) is 4.11. The largest absolute Gasteiger partial charge is 0.501 e. The summed E-state index contributed by atoms with van der Waals surface area (Å²) in [5.74, 6) is 0.915. The number of rotatable bonds is 6. The molecular weight excluding hydrogens is 272 g/mol. The quantitative estimate of drug-likeness (QED) is 0.701. The first kappa shape index (κ1) is 17.7. The maximum Gasteiger partial charge on any atom is 0.192 e. The molecule has 0 saturated heterocycles.